The predicted molar refractivity (Wildman–Crippen MR) is 33.5 cm³/mol. The van der Waals surface area contributed by atoms with Gasteiger partial charge in [-0.3, -0.25) is 0 Å². The molecule has 1 heterocycles. The summed E-state index contributed by atoms with van der Waals surface area (Å²) in [6, 6.07) is -0.323. The Morgan fingerprint density at radius 3 is 2.67 bits per heavy atom. The van der Waals surface area contributed by atoms with Crippen molar-refractivity contribution in [1.29, 1.82) is 0 Å². The van der Waals surface area contributed by atoms with E-state index in [1.54, 1.807) is 0 Å². The molecule has 2 atom stereocenters. The second-order valence-electron chi connectivity index (χ2n) is 2.16. The summed E-state index contributed by atoms with van der Waals surface area (Å²) in [5.41, 5.74) is 0. The van der Waals surface area contributed by atoms with Crippen LogP contribution in [0.4, 0.5) is 0 Å². The molecule has 0 saturated carbocycles. The Bertz CT molecular complexity index is 128. The van der Waals surface area contributed by atoms with E-state index in [9.17, 15) is 4.79 Å². The van der Waals surface area contributed by atoms with Crippen molar-refractivity contribution in [2.24, 2.45) is 0 Å². The van der Waals surface area contributed by atoms with Gasteiger partial charge in [0.15, 0.2) is 0 Å². The molecule has 0 aliphatic carbocycles. The van der Waals surface area contributed by atoms with E-state index < -0.39 is 5.97 Å². The van der Waals surface area contributed by atoms with E-state index in [-0.39, 0.29) is 6.04 Å². The summed E-state index contributed by atoms with van der Waals surface area (Å²) >= 11 is 2.90. The average molecular weight is 193 g/mol. The zero-order valence-electron chi connectivity index (χ0n) is 4.83. The SMILES string of the molecule is O=C(O)[C@@H]1CC([Se])CN1. The molecule has 9 heavy (non-hydrogen) atoms. The van der Waals surface area contributed by atoms with Gasteiger partial charge in [-0.05, 0) is 0 Å². The first-order valence-corrected chi connectivity index (χ1v) is 3.81. The van der Waals surface area contributed by atoms with Crippen LogP contribution in [-0.2, 0) is 4.79 Å². The molecule has 1 saturated heterocycles. The van der Waals surface area contributed by atoms with Crippen molar-refractivity contribution >= 4 is 22.0 Å². The summed E-state index contributed by atoms with van der Waals surface area (Å²) in [5, 5.41) is 11.3. The summed E-state index contributed by atoms with van der Waals surface area (Å²) in [6.07, 6.45) is 0.718. The molecule has 0 aromatic carbocycles. The van der Waals surface area contributed by atoms with Crippen LogP contribution in [0.3, 0.4) is 0 Å². The summed E-state index contributed by atoms with van der Waals surface area (Å²) in [6.45, 7) is 0.789. The van der Waals surface area contributed by atoms with Crippen LogP contribution in [0.15, 0.2) is 0 Å². The molecule has 1 aliphatic heterocycles. The molecule has 4 heteroatoms. The molecule has 3 nitrogen and oxygen atoms in total. The minimum atomic E-state index is -0.743. The van der Waals surface area contributed by atoms with E-state index in [1.165, 1.54) is 0 Å². The zero-order chi connectivity index (χ0) is 6.85. The number of carboxylic acid groups (broad SMARTS) is 1. The van der Waals surface area contributed by atoms with Crippen molar-refractivity contribution in [1.82, 2.24) is 5.32 Å². The maximum absolute atomic E-state index is 10.3. The molecule has 2 N–H and O–H groups in total. The first-order valence-electron chi connectivity index (χ1n) is 2.82. The van der Waals surface area contributed by atoms with Gasteiger partial charge in [-0.15, -0.1) is 0 Å². The second-order valence-corrected chi connectivity index (χ2v) is 3.56. The van der Waals surface area contributed by atoms with Crippen LogP contribution in [-0.4, -0.2) is 39.7 Å². The topological polar surface area (TPSA) is 49.3 Å². The van der Waals surface area contributed by atoms with E-state index in [0.29, 0.717) is 4.82 Å². The van der Waals surface area contributed by atoms with Crippen molar-refractivity contribution in [2.75, 3.05) is 6.54 Å². The van der Waals surface area contributed by atoms with Crippen LogP contribution in [0.1, 0.15) is 6.42 Å². The molecule has 51 valence electrons. The van der Waals surface area contributed by atoms with Crippen LogP contribution in [0, 0.1) is 0 Å². The number of hydrogen-bond acceptors (Lipinski definition) is 2. The van der Waals surface area contributed by atoms with Crippen LogP contribution < -0.4 is 5.32 Å². The van der Waals surface area contributed by atoms with Gasteiger partial charge < -0.3 is 0 Å². The number of aliphatic carboxylic acids is 1. The number of carbonyl (C=O) groups is 1. The Balaban J connectivity index is 2.39. The predicted octanol–water partition coefficient (Wildman–Crippen LogP) is -0.610. The fourth-order valence-corrected chi connectivity index (χ4v) is 1.50. The van der Waals surface area contributed by atoms with Crippen LogP contribution >= 0.6 is 0 Å². The molecule has 1 fully saturated rings. The number of nitrogens with one attached hydrogen (secondary N) is 1. The normalized spacial score (nSPS) is 34.8. The van der Waals surface area contributed by atoms with Gasteiger partial charge in [0.2, 0.25) is 0 Å². The van der Waals surface area contributed by atoms with Gasteiger partial charge in [-0.2, -0.15) is 0 Å². The van der Waals surface area contributed by atoms with Crippen molar-refractivity contribution in [3.63, 3.8) is 0 Å². The molecule has 1 radical (unpaired) electrons. The molecule has 0 bridgehead atoms. The van der Waals surface area contributed by atoms with E-state index in [0.717, 1.165) is 13.0 Å². The first kappa shape index (κ1) is 7.06. The molecule has 1 unspecified atom stereocenters. The third kappa shape index (κ3) is 1.68. The minimum absolute atomic E-state index is 0.323. The number of rotatable bonds is 1. The van der Waals surface area contributed by atoms with Gasteiger partial charge >= 0.3 is 61.0 Å². The molecular formula is C5H8NO2Se. The standard InChI is InChI=1S/C5H8NO2Se/c7-5(8)4-1-3(9)2-6-4/h3-4,6H,1-2H2,(H,7,8)/t3?,4-/m0/s1. The van der Waals surface area contributed by atoms with Crippen molar-refractivity contribution < 1.29 is 9.90 Å². The molecular weight excluding hydrogens is 185 g/mol. The summed E-state index contributed by atoms with van der Waals surface area (Å²) in [5.74, 6) is -0.743. The van der Waals surface area contributed by atoms with E-state index in [1.807, 2.05) is 0 Å². The summed E-state index contributed by atoms with van der Waals surface area (Å²) in [7, 11) is 0. The van der Waals surface area contributed by atoms with Crippen molar-refractivity contribution in [2.45, 2.75) is 17.3 Å². The zero-order valence-corrected chi connectivity index (χ0v) is 6.55. The van der Waals surface area contributed by atoms with Crippen LogP contribution in [0.2, 0.25) is 4.82 Å². The van der Waals surface area contributed by atoms with Gasteiger partial charge in [-0.1, -0.05) is 0 Å². The third-order valence-electron chi connectivity index (χ3n) is 1.39. The Labute approximate surface area is 61.6 Å². The van der Waals surface area contributed by atoms with Gasteiger partial charge in [0, 0.05) is 0 Å². The Hall–Kier alpha value is -0.0505. The summed E-state index contributed by atoms with van der Waals surface area (Å²) < 4.78 is 0. The number of hydrogen-bond donors (Lipinski definition) is 2. The molecule has 1 rings (SSSR count). The Morgan fingerprint density at radius 1 is 1.78 bits per heavy atom. The monoisotopic (exact) mass is 194 g/mol. The van der Waals surface area contributed by atoms with Gasteiger partial charge in [0.1, 0.15) is 0 Å². The van der Waals surface area contributed by atoms with Crippen LogP contribution in [0.5, 0.6) is 0 Å². The van der Waals surface area contributed by atoms with Gasteiger partial charge in [0.25, 0.3) is 0 Å². The van der Waals surface area contributed by atoms with E-state index in [4.69, 9.17) is 5.11 Å². The maximum atomic E-state index is 10.3. The summed E-state index contributed by atoms with van der Waals surface area (Å²) in [4.78, 5) is 10.7. The second kappa shape index (κ2) is 2.69. The fourth-order valence-electron chi connectivity index (χ4n) is 0.891. The first-order chi connectivity index (χ1) is 4.20. The van der Waals surface area contributed by atoms with Crippen LogP contribution in [0.25, 0.3) is 0 Å². The van der Waals surface area contributed by atoms with E-state index in [2.05, 4.69) is 21.3 Å². The van der Waals surface area contributed by atoms with Gasteiger partial charge in [0.05, 0.1) is 0 Å². The Kier molecular flexibility index (Phi) is 2.11. The van der Waals surface area contributed by atoms with Gasteiger partial charge in [-0.25, -0.2) is 0 Å². The molecule has 0 aromatic rings. The van der Waals surface area contributed by atoms with Crippen molar-refractivity contribution in [3.05, 3.63) is 0 Å². The van der Waals surface area contributed by atoms with Crippen molar-refractivity contribution in [3.8, 4) is 0 Å². The fraction of sp³-hybridized carbons (Fsp3) is 0.800. The molecule has 0 aromatic heterocycles. The van der Waals surface area contributed by atoms with E-state index >= 15 is 0 Å². The quantitative estimate of drug-likeness (QED) is 0.546. The molecule has 1 aliphatic rings. The molecule has 0 spiro atoms. The average Bonchev–Trinajstić information content (AvgIpc) is 2.14. The molecule has 0 amide bonds. The third-order valence-corrected chi connectivity index (χ3v) is 2.14. The number of carboxylic acids is 1. The Morgan fingerprint density at radius 2 is 2.44 bits per heavy atom.